The van der Waals surface area contributed by atoms with Gasteiger partial charge in [0.15, 0.2) is 5.82 Å². The summed E-state index contributed by atoms with van der Waals surface area (Å²) >= 11 is 0. The van der Waals surface area contributed by atoms with Gasteiger partial charge in [-0.05, 0) is 41.0 Å². The third kappa shape index (κ3) is 7.06. The van der Waals surface area contributed by atoms with Crippen LogP contribution in [0.2, 0.25) is 0 Å². The van der Waals surface area contributed by atoms with Crippen LogP contribution in [0, 0.1) is 0 Å². The normalized spacial score (nSPS) is 18.4. The zero-order valence-electron chi connectivity index (χ0n) is 20.7. The highest BCUT2D eigenvalue weighted by molar-refractivity contribution is 5.68. The van der Waals surface area contributed by atoms with E-state index in [-0.39, 0.29) is 38.6 Å². The number of benzene rings is 1. The second-order valence-corrected chi connectivity index (χ2v) is 9.50. The highest BCUT2D eigenvalue weighted by atomic mass is 19.4. The number of carbonyl (C=O) groups is 1. The molecule has 0 bridgehead atoms. The van der Waals surface area contributed by atoms with E-state index < -0.39 is 36.3 Å². The number of aromatic nitrogens is 4. The zero-order valence-corrected chi connectivity index (χ0v) is 20.7. The van der Waals surface area contributed by atoms with Crippen LogP contribution in [0.25, 0.3) is 0 Å². The zero-order chi connectivity index (χ0) is 29.3. The Hall–Kier alpha value is -3.31. The number of amides is 1. The highest BCUT2D eigenvalue weighted by Gasteiger charge is 2.60. The standard InChI is InChI=1S/C22H24F9N7O2/c23-20(24,25)15-2-1-14(16(11-15)37-5-3-13(4-6-37)17-32-34-35-33-17)12-36-7-9-38(10-8-36)19(39)40-18(21(26,27)28)22(29,30)31/h1-2,11,13,18H,3-10,12H2,(H,32,33,34,35). The molecule has 2 aromatic rings. The molecule has 0 unspecified atom stereocenters. The van der Waals surface area contributed by atoms with E-state index in [9.17, 15) is 44.3 Å². The molecule has 1 aromatic heterocycles. The van der Waals surface area contributed by atoms with Gasteiger partial charge in [-0.15, -0.1) is 5.10 Å². The van der Waals surface area contributed by atoms with Crippen LogP contribution in [0.3, 0.4) is 0 Å². The molecule has 0 radical (unpaired) electrons. The van der Waals surface area contributed by atoms with E-state index in [1.54, 1.807) is 4.90 Å². The fourth-order valence-electron chi connectivity index (χ4n) is 4.73. The SMILES string of the molecule is O=C(OC(C(F)(F)F)C(F)(F)F)N1CCN(Cc2ccc(C(F)(F)F)cc2N2CCC(c3nnn[nH]3)CC2)CC1. The van der Waals surface area contributed by atoms with E-state index in [1.165, 1.54) is 6.07 Å². The second kappa shape index (κ2) is 11.3. The quantitative estimate of drug-likeness (QED) is 0.519. The van der Waals surface area contributed by atoms with Gasteiger partial charge in [0.05, 0.1) is 5.56 Å². The average molecular weight is 589 g/mol. The number of aromatic amines is 1. The summed E-state index contributed by atoms with van der Waals surface area (Å²) in [6.45, 7) is 0.660. The Kier molecular flexibility index (Phi) is 8.37. The van der Waals surface area contributed by atoms with Gasteiger partial charge < -0.3 is 14.5 Å². The first kappa shape index (κ1) is 29.7. The van der Waals surface area contributed by atoms with Gasteiger partial charge in [-0.2, -0.15) is 39.5 Å². The predicted octanol–water partition coefficient (Wildman–Crippen LogP) is 4.35. The topological polar surface area (TPSA) is 90.5 Å². The summed E-state index contributed by atoms with van der Waals surface area (Å²) in [5, 5.41) is 13.7. The summed E-state index contributed by atoms with van der Waals surface area (Å²) < 4.78 is 121. The highest BCUT2D eigenvalue weighted by Crippen LogP contribution is 2.38. The molecule has 0 atom stereocenters. The third-order valence-electron chi connectivity index (χ3n) is 6.83. The lowest BCUT2D eigenvalue weighted by atomic mass is 9.95. The molecule has 0 aliphatic carbocycles. The summed E-state index contributed by atoms with van der Waals surface area (Å²) in [6, 6.07) is 3.37. The molecule has 2 saturated heterocycles. The van der Waals surface area contributed by atoms with E-state index >= 15 is 0 Å². The molecular weight excluding hydrogens is 565 g/mol. The van der Waals surface area contributed by atoms with Gasteiger partial charge in [-0.25, -0.2) is 9.89 Å². The van der Waals surface area contributed by atoms with Gasteiger partial charge in [-0.1, -0.05) is 6.07 Å². The fourth-order valence-corrected chi connectivity index (χ4v) is 4.73. The molecule has 4 rings (SSSR count). The van der Waals surface area contributed by atoms with Gasteiger partial charge in [0.2, 0.25) is 0 Å². The molecule has 3 heterocycles. The number of tetrazole rings is 1. The van der Waals surface area contributed by atoms with E-state index in [0.717, 1.165) is 17.0 Å². The Morgan fingerprint density at radius 2 is 1.57 bits per heavy atom. The average Bonchev–Trinajstić information content (AvgIpc) is 3.41. The van der Waals surface area contributed by atoms with Crippen LogP contribution in [-0.2, 0) is 17.5 Å². The maximum Gasteiger partial charge on any atom is 0.434 e. The molecule has 1 aromatic carbocycles. The number of ether oxygens (including phenoxy) is 1. The Labute approximate surface area is 221 Å². The van der Waals surface area contributed by atoms with Crippen molar-refractivity contribution in [3.05, 3.63) is 35.2 Å². The second-order valence-electron chi connectivity index (χ2n) is 9.50. The Morgan fingerprint density at radius 3 is 2.10 bits per heavy atom. The van der Waals surface area contributed by atoms with Crippen LogP contribution in [0.4, 0.5) is 50.0 Å². The van der Waals surface area contributed by atoms with Crippen molar-refractivity contribution >= 4 is 11.8 Å². The van der Waals surface area contributed by atoms with Crippen LogP contribution in [-0.4, -0.2) is 94.2 Å². The summed E-state index contributed by atoms with van der Waals surface area (Å²) in [6.07, 6.45) is -21.0. The van der Waals surface area contributed by atoms with Crippen molar-refractivity contribution in [1.82, 2.24) is 30.4 Å². The Balaban J connectivity index is 1.41. The van der Waals surface area contributed by atoms with E-state index in [0.29, 0.717) is 43.0 Å². The number of carbonyl (C=O) groups excluding carboxylic acids is 1. The maximum atomic E-state index is 13.5. The van der Waals surface area contributed by atoms with Gasteiger partial charge >= 0.3 is 24.6 Å². The first-order chi connectivity index (χ1) is 18.6. The van der Waals surface area contributed by atoms with Crippen molar-refractivity contribution in [2.75, 3.05) is 44.2 Å². The minimum absolute atomic E-state index is 0.0163. The minimum atomic E-state index is -5.82. The summed E-state index contributed by atoms with van der Waals surface area (Å²) in [5.41, 5.74) is 0.0891. The lowest BCUT2D eigenvalue weighted by molar-refractivity contribution is -0.308. The number of nitrogens with zero attached hydrogens (tertiary/aromatic N) is 6. The van der Waals surface area contributed by atoms with Crippen LogP contribution >= 0.6 is 0 Å². The van der Waals surface area contributed by atoms with Crippen LogP contribution < -0.4 is 4.90 Å². The first-order valence-corrected chi connectivity index (χ1v) is 12.1. The van der Waals surface area contributed by atoms with E-state index in [1.807, 2.05) is 4.90 Å². The van der Waals surface area contributed by atoms with Crippen LogP contribution in [0.5, 0.6) is 0 Å². The summed E-state index contributed by atoms with van der Waals surface area (Å²) in [4.78, 5) is 16.3. The number of hydrogen-bond donors (Lipinski definition) is 1. The predicted molar refractivity (Wildman–Crippen MR) is 119 cm³/mol. The van der Waals surface area contributed by atoms with Crippen molar-refractivity contribution in [2.45, 2.75) is 49.9 Å². The van der Waals surface area contributed by atoms with Crippen molar-refractivity contribution in [3.63, 3.8) is 0 Å². The number of anilines is 1. The fraction of sp³-hybridized carbons (Fsp3) is 0.636. The first-order valence-electron chi connectivity index (χ1n) is 12.1. The number of nitrogens with one attached hydrogen (secondary N) is 1. The molecule has 1 N–H and O–H groups in total. The molecule has 40 heavy (non-hydrogen) atoms. The number of halogens is 9. The molecule has 18 heteroatoms. The number of H-pyrrole nitrogens is 1. The smallest absolute Gasteiger partial charge is 0.426 e. The van der Waals surface area contributed by atoms with E-state index in [2.05, 4.69) is 25.4 Å². The van der Waals surface area contributed by atoms with Gasteiger partial charge in [0.1, 0.15) is 0 Å². The monoisotopic (exact) mass is 589 g/mol. The largest absolute Gasteiger partial charge is 0.434 e. The molecule has 2 fully saturated rings. The molecule has 9 nitrogen and oxygen atoms in total. The number of piperidine rings is 1. The maximum absolute atomic E-state index is 13.5. The lowest BCUT2D eigenvalue weighted by Crippen LogP contribution is -2.52. The van der Waals surface area contributed by atoms with Crippen molar-refractivity contribution in [2.24, 2.45) is 0 Å². The molecule has 222 valence electrons. The third-order valence-corrected chi connectivity index (χ3v) is 6.83. The number of alkyl halides is 9. The number of piperazine rings is 1. The Morgan fingerprint density at radius 1 is 0.950 bits per heavy atom. The van der Waals surface area contributed by atoms with Gasteiger partial charge in [0, 0.05) is 57.4 Å². The van der Waals surface area contributed by atoms with Crippen LogP contribution in [0.15, 0.2) is 18.2 Å². The molecule has 1 amide bonds. The summed E-state index contributed by atoms with van der Waals surface area (Å²) in [7, 11) is 0. The van der Waals surface area contributed by atoms with Gasteiger partial charge in [-0.3, -0.25) is 4.90 Å². The van der Waals surface area contributed by atoms with Crippen molar-refractivity contribution in [3.8, 4) is 0 Å². The molecule has 0 saturated carbocycles. The molecular formula is C22H24F9N7O2. The van der Waals surface area contributed by atoms with Crippen molar-refractivity contribution in [1.29, 1.82) is 0 Å². The number of hydrogen-bond acceptors (Lipinski definition) is 7. The Bertz CT molecular complexity index is 1120. The molecule has 2 aliphatic rings. The van der Waals surface area contributed by atoms with Crippen molar-refractivity contribution < 1.29 is 49.0 Å². The molecule has 2 aliphatic heterocycles. The molecule has 0 spiro atoms. The number of rotatable bonds is 5. The minimum Gasteiger partial charge on any atom is -0.426 e. The van der Waals surface area contributed by atoms with Gasteiger partial charge in [0.25, 0.3) is 6.10 Å². The van der Waals surface area contributed by atoms with Crippen LogP contribution in [0.1, 0.15) is 35.7 Å². The lowest BCUT2D eigenvalue weighted by Gasteiger charge is -2.37. The van der Waals surface area contributed by atoms with E-state index in [4.69, 9.17) is 0 Å². The summed E-state index contributed by atoms with van der Waals surface area (Å²) in [5.74, 6) is 0.611.